The normalized spacial score (nSPS) is 16.1. The standard InChI is InChI=1S/C17H24ClN3O2/c1-13(22)19-8-7-17(23)20-12-16(21-9-2-3-10-21)14-5-4-6-15(18)11-14/h4-6,11,16H,2-3,7-10,12H2,1H3,(H,19,22)(H,20,23). The first-order valence-corrected chi connectivity index (χ1v) is 8.44. The molecule has 2 amide bonds. The van der Waals surface area contributed by atoms with Gasteiger partial charge in [-0.2, -0.15) is 0 Å². The number of hydrogen-bond donors (Lipinski definition) is 2. The third-order valence-corrected chi connectivity index (χ3v) is 4.27. The topological polar surface area (TPSA) is 61.4 Å². The van der Waals surface area contributed by atoms with Gasteiger partial charge in [-0.3, -0.25) is 14.5 Å². The zero-order chi connectivity index (χ0) is 16.7. The van der Waals surface area contributed by atoms with Gasteiger partial charge in [0, 0.05) is 31.5 Å². The van der Waals surface area contributed by atoms with Gasteiger partial charge in [-0.05, 0) is 43.6 Å². The van der Waals surface area contributed by atoms with Gasteiger partial charge in [-0.25, -0.2) is 0 Å². The highest BCUT2D eigenvalue weighted by Gasteiger charge is 2.24. The van der Waals surface area contributed by atoms with Crippen LogP contribution in [0.15, 0.2) is 24.3 Å². The molecule has 1 aliphatic rings. The number of likely N-dealkylation sites (tertiary alicyclic amines) is 1. The fraction of sp³-hybridized carbons (Fsp3) is 0.529. The molecule has 0 spiro atoms. The zero-order valence-electron chi connectivity index (χ0n) is 13.5. The number of halogens is 1. The van der Waals surface area contributed by atoms with Crippen LogP contribution in [0.5, 0.6) is 0 Å². The molecule has 5 nitrogen and oxygen atoms in total. The maximum atomic E-state index is 11.9. The van der Waals surface area contributed by atoms with Gasteiger partial charge in [0.25, 0.3) is 0 Å². The highest BCUT2D eigenvalue weighted by Crippen LogP contribution is 2.26. The van der Waals surface area contributed by atoms with Crippen LogP contribution < -0.4 is 10.6 Å². The number of carbonyl (C=O) groups excluding carboxylic acids is 2. The van der Waals surface area contributed by atoms with Crippen molar-refractivity contribution in [3.05, 3.63) is 34.9 Å². The molecule has 6 heteroatoms. The lowest BCUT2D eigenvalue weighted by Crippen LogP contribution is -2.37. The van der Waals surface area contributed by atoms with Gasteiger partial charge < -0.3 is 10.6 Å². The van der Waals surface area contributed by atoms with Crippen molar-refractivity contribution in [1.29, 1.82) is 0 Å². The maximum Gasteiger partial charge on any atom is 0.221 e. The summed E-state index contributed by atoms with van der Waals surface area (Å²) in [6.07, 6.45) is 2.67. The quantitative estimate of drug-likeness (QED) is 0.801. The smallest absolute Gasteiger partial charge is 0.221 e. The van der Waals surface area contributed by atoms with Crippen LogP contribution >= 0.6 is 11.6 Å². The molecule has 0 aromatic heterocycles. The van der Waals surface area contributed by atoms with Crippen LogP contribution in [0.25, 0.3) is 0 Å². The van der Waals surface area contributed by atoms with E-state index >= 15 is 0 Å². The lowest BCUT2D eigenvalue weighted by atomic mass is 10.1. The van der Waals surface area contributed by atoms with Gasteiger partial charge in [-0.15, -0.1) is 0 Å². The lowest BCUT2D eigenvalue weighted by Gasteiger charge is -2.28. The Balaban J connectivity index is 1.93. The summed E-state index contributed by atoms with van der Waals surface area (Å²) in [6, 6.07) is 7.96. The Bertz CT molecular complexity index is 544. The Morgan fingerprint density at radius 3 is 2.65 bits per heavy atom. The van der Waals surface area contributed by atoms with E-state index in [9.17, 15) is 9.59 Å². The van der Waals surface area contributed by atoms with Crippen molar-refractivity contribution < 1.29 is 9.59 Å². The molecule has 1 saturated heterocycles. The fourth-order valence-electron chi connectivity index (χ4n) is 2.88. The maximum absolute atomic E-state index is 11.9. The van der Waals surface area contributed by atoms with Crippen molar-refractivity contribution in [3.63, 3.8) is 0 Å². The van der Waals surface area contributed by atoms with E-state index in [1.165, 1.54) is 19.8 Å². The van der Waals surface area contributed by atoms with Gasteiger partial charge in [0.1, 0.15) is 0 Å². The van der Waals surface area contributed by atoms with Crippen LogP contribution in [0.1, 0.15) is 37.8 Å². The molecule has 1 fully saturated rings. The molecule has 2 rings (SSSR count). The Hall–Kier alpha value is -1.59. The molecule has 0 bridgehead atoms. The predicted octanol–water partition coefficient (Wildman–Crippen LogP) is 2.12. The highest BCUT2D eigenvalue weighted by molar-refractivity contribution is 6.30. The number of amides is 2. The van der Waals surface area contributed by atoms with E-state index in [-0.39, 0.29) is 17.9 Å². The van der Waals surface area contributed by atoms with E-state index in [0.29, 0.717) is 24.5 Å². The Kier molecular flexibility index (Phi) is 6.86. The number of hydrogen-bond acceptors (Lipinski definition) is 3. The van der Waals surface area contributed by atoms with E-state index in [1.807, 2.05) is 18.2 Å². The Morgan fingerprint density at radius 2 is 2.00 bits per heavy atom. The van der Waals surface area contributed by atoms with Crippen molar-refractivity contribution in [2.75, 3.05) is 26.2 Å². The number of nitrogens with zero attached hydrogens (tertiary/aromatic N) is 1. The number of benzene rings is 1. The van der Waals surface area contributed by atoms with E-state index in [0.717, 1.165) is 18.7 Å². The first kappa shape index (κ1) is 17.8. The molecule has 0 aliphatic carbocycles. The summed E-state index contributed by atoms with van der Waals surface area (Å²) in [6.45, 7) is 4.45. The van der Waals surface area contributed by atoms with Crippen LogP contribution in [-0.2, 0) is 9.59 Å². The van der Waals surface area contributed by atoms with Crippen molar-refractivity contribution in [3.8, 4) is 0 Å². The third-order valence-electron chi connectivity index (χ3n) is 4.03. The first-order chi connectivity index (χ1) is 11.1. The van der Waals surface area contributed by atoms with E-state index in [1.54, 1.807) is 0 Å². The summed E-state index contributed by atoms with van der Waals surface area (Å²) in [5, 5.41) is 6.32. The largest absolute Gasteiger partial charge is 0.356 e. The second kappa shape index (κ2) is 8.89. The van der Waals surface area contributed by atoms with Gasteiger partial charge in [-0.1, -0.05) is 23.7 Å². The molecule has 0 saturated carbocycles. The second-order valence-electron chi connectivity index (χ2n) is 5.85. The summed E-state index contributed by atoms with van der Waals surface area (Å²) in [5.74, 6) is -0.170. The minimum absolute atomic E-state index is 0.0509. The summed E-state index contributed by atoms with van der Waals surface area (Å²) in [7, 11) is 0. The second-order valence-corrected chi connectivity index (χ2v) is 6.29. The van der Waals surface area contributed by atoms with Gasteiger partial charge in [0.15, 0.2) is 0 Å². The molecule has 1 aromatic carbocycles. The average Bonchev–Trinajstić information content (AvgIpc) is 3.01. The summed E-state index contributed by atoms with van der Waals surface area (Å²) < 4.78 is 0. The van der Waals surface area contributed by atoms with Crippen LogP contribution in [0.3, 0.4) is 0 Å². The minimum atomic E-state index is -0.119. The predicted molar refractivity (Wildman–Crippen MR) is 91.3 cm³/mol. The summed E-state index contributed by atoms with van der Waals surface area (Å²) >= 11 is 6.11. The molecule has 1 unspecified atom stereocenters. The molecule has 126 valence electrons. The molecular weight excluding hydrogens is 314 g/mol. The Labute approximate surface area is 142 Å². The molecule has 1 aromatic rings. The van der Waals surface area contributed by atoms with Crippen molar-refractivity contribution >= 4 is 23.4 Å². The first-order valence-electron chi connectivity index (χ1n) is 8.07. The van der Waals surface area contributed by atoms with Gasteiger partial charge in [0.2, 0.25) is 11.8 Å². The summed E-state index contributed by atoms with van der Waals surface area (Å²) in [5.41, 5.74) is 1.13. The van der Waals surface area contributed by atoms with E-state index in [4.69, 9.17) is 11.6 Å². The van der Waals surface area contributed by atoms with Crippen molar-refractivity contribution in [1.82, 2.24) is 15.5 Å². The van der Waals surface area contributed by atoms with Gasteiger partial charge in [0.05, 0.1) is 6.04 Å². The van der Waals surface area contributed by atoms with Crippen LogP contribution in [0.4, 0.5) is 0 Å². The lowest BCUT2D eigenvalue weighted by molar-refractivity contribution is -0.121. The van der Waals surface area contributed by atoms with Crippen LogP contribution in [0, 0.1) is 0 Å². The average molecular weight is 338 g/mol. The molecule has 2 N–H and O–H groups in total. The summed E-state index contributed by atoms with van der Waals surface area (Å²) in [4.78, 5) is 25.1. The SMILES string of the molecule is CC(=O)NCCC(=O)NCC(c1cccc(Cl)c1)N1CCCC1. The van der Waals surface area contributed by atoms with Crippen LogP contribution in [0.2, 0.25) is 5.02 Å². The minimum Gasteiger partial charge on any atom is -0.356 e. The number of rotatable bonds is 7. The monoisotopic (exact) mass is 337 g/mol. The van der Waals surface area contributed by atoms with Crippen LogP contribution in [-0.4, -0.2) is 42.9 Å². The molecule has 0 radical (unpaired) electrons. The van der Waals surface area contributed by atoms with Crippen molar-refractivity contribution in [2.24, 2.45) is 0 Å². The van der Waals surface area contributed by atoms with Gasteiger partial charge >= 0.3 is 0 Å². The Morgan fingerprint density at radius 1 is 1.26 bits per heavy atom. The molecular formula is C17H24ClN3O2. The zero-order valence-corrected chi connectivity index (χ0v) is 14.2. The molecule has 1 aliphatic heterocycles. The molecule has 1 heterocycles. The molecule has 23 heavy (non-hydrogen) atoms. The van der Waals surface area contributed by atoms with E-state index < -0.39 is 0 Å². The van der Waals surface area contributed by atoms with E-state index in [2.05, 4.69) is 21.6 Å². The number of nitrogens with one attached hydrogen (secondary N) is 2. The fourth-order valence-corrected chi connectivity index (χ4v) is 3.07. The third kappa shape index (κ3) is 5.84. The molecule has 1 atom stereocenters. The van der Waals surface area contributed by atoms with Crippen molar-refractivity contribution in [2.45, 2.75) is 32.2 Å². The highest BCUT2D eigenvalue weighted by atomic mass is 35.5. The number of carbonyl (C=O) groups is 2.